The number of anilines is 2. The number of rotatable bonds is 7. The van der Waals surface area contributed by atoms with E-state index in [0.29, 0.717) is 5.56 Å². The lowest BCUT2D eigenvalue weighted by Gasteiger charge is -2.36. The lowest BCUT2D eigenvalue weighted by Crippen LogP contribution is -2.46. The molecule has 0 saturated carbocycles. The van der Waals surface area contributed by atoms with E-state index in [1.807, 2.05) is 50.2 Å². The molecule has 1 fully saturated rings. The van der Waals surface area contributed by atoms with Crippen molar-refractivity contribution in [2.75, 3.05) is 42.9 Å². The SMILES string of the molecule is C=C(C)CN1CCN(c2ccc(NC(=O)C(=O)c3c(-c4ccccc4)cc(C)n3C)c(F)c2)CC1. The number of piperazine rings is 1. The van der Waals surface area contributed by atoms with Crippen LogP contribution in [0, 0.1) is 12.7 Å². The largest absolute Gasteiger partial charge is 0.369 e. The first-order valence-electron chi connectivity index (χ1n) is 11.7. The Kier molecular flexibility index (Phi) is 7.17. The van der Waals surface area contributed by atoms with Crippen LogP contribution in [0.15, 0.2) is 66.7 Å². The minimum atomic E-state index is -0.872. The fourth-order valence-corrected chi connectivity index (χ4v) is 4.48. The van der Waals surface area contributed by atoms with Crippen molar-refractivity contribution in [2.24, 2.45) is 7.05 Å². The second-order valence-corrected chi connectivity index (χ2v) is 9.14. The van der Waals surface area contributed by atoms with Gasteiger partial charge in [-0.2, -0.15) is 0 Å². The maximum atomic E-state index is 14.9. The van der Waals surface area contributed by atoms with Gasteiger partial charge in [0.25, 0.3) is 11.7 Å². The number of hydrogen-bond donors (Lipinski definition) is 1. The average molecular weight is 475 g/mol. The Bertz CT molecular complexity index is 1260. The molecule has 0 radical (unpaired) electrons. The van der Waals surface area contributed by atoms with Crippen LogP contribution in [-0.4, -0.2) is 53.9 Å². The van der Waals surface area contributed by atoms with E-state index in [-0.39, 0.29) is 11.4 Å². The highest BCUT2D eigenvalue weighted by Gasteiger charge is 2.26. The molecule has 1 saturated heterocycles. The van der Waals surface area contributed by atoms with Gasteiger partial charge in [-0.15, -0.1) is 0 Å². The van der Waals surface area contributed by atoms with Crippen molar-refractivity contribution in [3.8, 4) is 11.1 Å². The molecule has 4 rings (SSSR count). The van der Waals surface area contributed by atoms with E-state index in [1.165, 1.54) is 12.1 Å². The molecule has 7 heteroatoms. The minimum absolute atomic E-state index is 0.0137. The summed E-state index contributed by atoms with van der Waals surface area (Å²) in [5.41, 5.74) is 4.50. The molecule has 182 valence electrons. The van der Waals surface area contributed by atoms with Crippen molar-refractivity contribution in [3.05, 3.63) is 84.0 Å². The van der Waals surface area contributed by atoms with Crippen molar-refractivity contribution in [2.45, 2.75) is 13.8 Å². The summed E-state index contributed by atoms with van der Waals surface area (Å²) < 4.78 is 16.6. The lowest BCUT2D eigenvalue weighted by atomic mass is 10.0. The Labute approximate surface area is 205 Å². The number of aromatic nitrogens is 1. The molecule has 6 nitrogen and oxygen atoms in total. The first-order valence-corrected chi connectivity index (χ1v) is 11.7. The fraction of sp³-hybridized carbons (Fsp3) is 0.286. The van der Waals surface area contributed by atoms with Gasteiger partial charge in [-0.1, -0.05) is 42.5 Å². The Morgan fingerprint density at radius 1 is 1.03 bits per heavy atom. The number of carbonyl (C=O) groups excluding carboxylic acids is 2. The van der Waals surface area contributed by atoms with E-state index < -0.39 is 17.5 Å². The van der Waals surface area contributed by atoms with E-state index in [1.54, 1.807) is 17.7 Å². The summed E-state index contributed by atoms with van der Waals surface area (Å²) in [4.78, 5) is 30.4. The van der Waals surface area contributed by atoms with Gasteiger partial charge >= 0.3 is 0 Å². The van der Waals surface area contributed by atoms with E-state index in [4.69, 9.17) is 0 Å². The zero-order valence-corrected chi connectivity index (χ0v) is 20.5. The summed E-state index contributed by atoms with van der Waals surface area (Å²) in [6, 6.07) is 16.0. The zero-order chi connectivity index (χ0) is 25.1. The number of ketones is 1. The van der Waals surface area contributed by atoms with Gasteiger partial charge in [0.15, 0.2) is 0 Å². The van der Waals surface area contributed by atoms with Crippen LogP contribution in [0.2, 0.25) is 0 Å². The van der Waals surface area contributed by atoms with Gasteiger partial charge in [0.2, 0.25) is 0 Å². The van der Waals surface area contributed by atoms with Crippen molar-refractivity contribution in [3.63, 3.8) is 0 Å². The molecule has 1 amide bonds. The molecule has 1 aliphatic heterocycles. The first kappa shape index (κ1) is 24.4. The molecule has 2 heterocycles. The smallest absolute Gasteiger partial charge is 0.298 e. The first-order chi connectivity index (χ1) is 16.7. The number of amides is 1. The molecule has 3 aromatic rings. The van der Waals surface area contributed by atoms with Gasteiger partial charge < -0.3 is 14.8 Å². The summed E-state index contributed by atoms with van der Waals surface area (Å²) in [5, 5.41) is 2.47. The monoisotopic (exact) mass is 474 g/mol. The van der Waals surface area contributed by atoms with E-state index in [2.05, 4.69) is 21.7 Å². The highest BCUT2D eigenvalue weighted by Crippen LogP contribution is 2.28. The third-order valence-corrected chi connectivity index (χ3v) is 6.41. The van der Waals surface area contributed by atoms with Crippen molar-refractivity contribution < 1.29 is 14.0 Å². The number of aryl methyl sites for hydroxylation is 1. The molecule has 2 aromatic carbocycles. The van der Waals surface area contributed by atoms with Crippen LogP contribution in [0.4, 0.5) is 15.8 Å². The number of Topliss-reactive ketones (excluding diaryl/α,β-unsaturated/α-hetero) is 1. The molecular formula is C28H31FN4O2. The lowest BCUT2D eigenvalue weighted by molar-refractivity contribution is -0.112. The van der Waals surface area contributed by atoms with E-state index >= 15 is 0 Å². The highest BCUT2D eigenvalue weighted by atomic mass is 19.1. The van der Waals surface area contributed by atoms with Crippen LogP contribution in [0.25, 0.3) is 11.1 Å². The Balaban J connectivity index is 1.48. The Morgan fingerprint density at radius 3 is 2.34 bits per heavy atom. The average Bonchev–Trinajstić information content (AvgIpc) is 3.14. The van der Waals surface area contributed by atoms with Crippen LogP contribution in [-0.2, 0) is 11.8 Å². The number of hydrogen-bond acceptors (Lipinski definition) is 4. The predicted octanol–water partition coefficient (Wildman–Crippen LogP) is 4.66. The Hall–Kier alpha value is -3.71. The standard InChI is InChI=1S/C28H31FN4O2/c1-19(2)18-32-12-14-33(15-13-32)22-10-11-25(24(29)17-22)30-28(35)27(34)26-23(16-20(3)31(26)4)21-8-6-5-7-9-21/h5-11,16-17H,1,12-15,18H2,2-4H3,(H,30,35). The molecule has 0 spiro atoms. The molecule has 0 unspecified atom stereocenters. The summed E-state index contributed by atoms with van der Waals surface area (Å²) >= 11 is 0. The van der Waals surface area contributed by atoms with Crippen molar-refractivity contribution in [1.29, 1.82) is 0 Å². The fourth-order valence-electron chi connectivity index (χ4n) is 4.48. The number of benzene rings is 2. The summed E-state index contributed by atoms with van der Waals surface area (Å²) in [6.45, 7) is 12.0. The maximum absolute atomic E-state index is 14.9. The maximum Gasteiger partial charge on any atom is 0.298 e. The number of halogens is 1. The van der Waals surface area contributed by atoms with E-state index in [9.17, 15) is 14.0 Å². The van der Waals surface area contributed by atoms with Gasteiger partial charge in [0, 0.05) is 56.7 Å². The highest BCUT2D eigenvalue weighted by molar-refractivity contribution is 6.47. The zero-order valence-electron chi connectivity index (χ0n) is 20.5. The topological polar surface area (TPSA) is 57.6 Å². The molecular weight excluding hydrogens is 443 g/mol. The normalized spacial score (nSPS) is 14.1. The second kappa shape index (κ2) is 10.3. The van der Waals surface area contributed by atoms with Crippen LogP contribution >= 0.6 is 0 Å². The molecule has 1 N–H and O–H groups in total. The molecule has 0 aliphatic carbocycles. The van der Waals surface area contributed by atoms with Gasteiger partial charge in [-0.05, 0) is 43.7 Å². The van der Waals surface area contributed by atoms with Crippen LogP contribution in [0.1, 0.15) is 23.1 Å². The quantitative estimate of drug-likeness (QED) is 0.307. The van der Waals surface area contributed by atoms with Crippen LogP contribution in [0.5, 0.6) is 0 Å². The molecule has 1 aliphatic rings. The second-order valence-electron chi connectivity index (χ2n) is 9.14. The summed E-state index contributed by atoms with van der Waals surface area (Å²) in [5.74, 6) is -2.15. The minimum Gasteiger partial charge on any atom is -0.369 e. The van der Waals surface area contributed by atoms with Crippen LogP contribution < -0.4 is 10.2 Å². The third-order valence-electron chi connectivity index (χ3n) is 6.41. The van der Waals surface area contributed by atoms with Crippen LogP contribution in [0.3, 0.4) is 0 Å². The molecule has 35 heavy (non-hydrogen) atoms. The van der Waals surface area contributed by atoms with Crippen molar-refractivity contribution >= 4 is 23.1 Å². The summed E-state index contributed by atoms with van der Waals surface area (Å²) in [6.07, 6.45) is 0. The number of carbonyl (C=O) groups is 2. The molecule has 0 atom stereocenters. The number of nitrogens with one attached hydrogen (secondary N) is 1. The van der Waals surface area contributed by atoms with E-state index in [0.717, 1.165) is 55.2 Å². The summed E-state index contributed by atoms with van der Waals surface area (Å²) in [7, 11) is 1.74. The number of nitrogens with zero attached hydrogens (tertiary/aromatic N) is 3. The van der Waals surface area contributed by atoms with Gasteiger partial charge in [-0.3, -0.25) is 14.5 Å². The van der Waals surface area contributed by atoms with Gasteiger partial charge in [0.05, 0.1) is 5.69 Å². The third kappa shape index (κ3) is 5.35. The van der Waals surface area contributed by atoms with Crippen molar-refractivity contribution in [1.82, 2.24) is 9.47 Å². The van der Waals surface area contributed by atoms with Gasteiger partial charge in [-0.25, -0.2) is 4.39 Å². The Morgan fingerprint density at radius 2 is 1.71 bits per heavy atom. The predicted molar refractivity (Wildman–Crippen MR) is 138 cm³/mol. The molecule has 0 bridgehead atoms. The molecule has 1 aromatic heterocycles. The van der Waals surface area contributed by atoms with Gasteiger partial charge in [0.1, 0.15) is 11.5 Å².